The number of esters is 10. The molecule has 10 atom stereocenters. The molecule has 5 aliphatic rings. The minimum atomic E-state index is -2.98. The van der Waals surface area contributed by atoms with Gasteiger partial charge in [-0.3, -0.25) is 0 Å². The Bertz CT molecular complexity index is 6800. The fourth-order valence-electron chi connectivity index (χ4n) is 14.5. The number of cyclic esters (lactones) is 1. The minimum Gasteiger partial charge on any atom is -0.504 e. The van der Waals surface area contributed by atoms with E-state index in [0.717, 1.165) is 0 Å². The number of hydrogen-bond donors (Lipinski definition) is 29. The molecular formula is C82H56O52. The monoisotopic (exact) mass is 1870 g/mol. The van der Waals surface area contributed by atoms with Crippen LogP contribution in [-0.4, -0.2) is 282 Å². The van der Waals surface area contributed by atoms with Crippen molar-refractivity contribution >= 4 is 59.7 Å². The highest BCUT2D eigenvalue weighted by atomic mass is 16.8. The summed E-state index contributed by atoms with van der Waals surface area (Å²) >= 11 is 0. The molecule has 0 amide bonds. The van der Waals surface area contributed by atoms with Crippen LogP contribution in [0.4, 0.5) is 0 Å². The van der Waals surface area contributed by atoms with E-state index in [1.807, 2.05) is 0 Å². The van der Waals surface area contributed by atoms with E-state index in [1.54, 1.807) is 0 Å². The molecule has 10 aromatic carbocycles. The van der Waals surface area contributed by atoms with Crippen molar-refractivity contribution in [2.24, 2.45) is 0 Å². The Morgan fingerprint density at radius 3 is 1.07 bits per heavy atom. The molecule has 134 heavy (non-hydrogen) atoms. The first kappa shape index (κ1) is 89.8. The number of benzene rings is 10. The fraction of sp³-hybridized carbons (Fsp3) is 0.146. The normalized spacial score (nSPS) is 19.5. The topological polar surface area (TPSA) is 877 Å². The first-order valence-corrected chi connectivity index (χ1v) is 37.1. The molecule has 0 bridgehead atoms. The van der Waals surface area contributed by atoms with Crippen LogP contribution in [-0.2, 0) is 52.1 Å². The summed E-state index contributed by atoms with van der Waals surface area (Å²) < 4.78 is 73.2. The Labute approximate surface area is 735 Å². The van der Waals surface area contributed by atoms with Gasteiger partial charge in [-0.25, -0.2) is 47.9 Å². The largest absolute Gasteiger partial charge is 0.504 e. The maximum Gasteiger partial charge on any atom is 0.344 e. The van der Waals surface area contributed by atoms with Crippen molar-refractivity contribution in [2.45, 2.75) is 61.4 Å². The fourth-order valence-corrected chi connectivity index (χ4v) is 14.5. The standard InChI is InChI=1S/C82H56O52/c83-26-1-17(2-27(84)47(26)95)72(112)127-64-36(93)5-16(6-37(64)94)71(111)122-14-39-65(67-69(81(121)125-39)132-78(118)23-11-34(91)52(100)59(107)44(23)43-21(76(116)130-67)9-32(89)51(99)58(43)106)129-80(120)25-12-35(92)54(102)62(110)63(25)124-38-13-24-46(61(109)55(38)103)45-22(10-33(90)53(101)60(45)108)77(117)131-68-66-40(126-82(70(68)133-79(24)119)134-73(113)18-3-28(85)48(96)29(86)4-18)15-123-74(114)19-7-30(87)49(97)56(104)41(19)42-20(75(115)128-66)8-31(88)50(98)57(42)105/h1-13,39-40,65-70,81-110,121H,14-15H2/t39-,40-,65-,66-,67+,68+,69-,70-,81-,82+/m1/s1. The van der Waals surface area contributed by atoms with Gasteiger partial charge in [0.1, 0.15) is 31.0 Å². The molecule has 29 N–H and O–H groups in total. The average Bonchev–Trinajstić information content (AvgIpc) is 1.00. The molecule has 2 saturated heterocycles. The molecule has 0 aromatic heterocycles. The Balaban J connectivity index is 0.852. The number of rotatable bonds is 11. The molecule has 0 saturated carbocycles. The van der Waals surface area contributed by atoms with Crippen LogP contribution < -0.4 is 9.47 Å². The third-order valence-corrected chi connectivity index (χ3v) is 20.9. The zero-order valence-electron chi connectivity index (χ0n) is 65.6. The highest BCUT2D eigenvalue weighted by molar-refractivity contribution is 6.12. The van der Waals surface area contributed by atoms with Crippen LogP contribution in [0.5, 0.6) is 178 Å². The van der Waals surface area contributed by atoms with Gasteiger partial charge in [0.15, 0.2) is 163 Å². The lowest BCUT2D eigenvalue weighted by molar-refractivity contribution is -0.284. The van der Waals surface area contributed by atoms with Gasteiger partial charge < -0.3 is 210 Å². The molecule has 5 heterocycles. The highest BCUT2D eigenvalue weighted by Gasteiger charge is 2.58. The Hall–Kier alpha value is -19.0. The third kappa shape index (κ3) is 15.0. The Kier molecular flexibility index (Phi) is 22.1. The summed E-state index contributed by atoms with van der Waals surface area (Å²) in [5.74, 6) is -66.2. The van der Waals surface area contributed by atoms with E-state index >= 15 is 19.2 Å². The summed E-state index contributed by atoms with van der Waals surface area (Å²) in [6, 6.07) is 4.37. The molecule has 15 rings (SSSR count). The summed E-state index contributed by atoms with van der Waals surface area (Å²) in [6.07, 6.45) is -28.1. The van der Waals surface area contributed by atoms with Crippen LogP contribution in [0.1, 0.15) is 104 Å². The second kappa shape index (κ2) is 33.0. The van der Waals surface area contributed by atoms with Gasteiger partial charge in [-0.05, 0) is 66.7 Å². The first-order valence-electron chi connectivity index (χ1n) is 37.1. The molecule has 52 heteroatoms. The number of phenolic OH excluding ortho intramolecular Hbond substituents is 28. The first-order chi connectivity index (χ1) is 63.1. The van der Waals surface area contributed by atoms with E-state index in [2.05, 4.69) is 0 Å². The van der Waals surface area contributed by atoms with Crippen LogP contribution in [0.15, 0.2) is 78.9 Å². The maximum absolute atomic E-state index is 15.8. The molecule has 0 aliphatic carbocycles. The van der Waals surface area contributed by atoms with Gasteiger partial charge in [0.2, 0.25) is 64.1 Å². The van der Waals surface area contributed by atoms with Gasteiger partial charge in [0.05, 0.1) is 50.1 Å². The zero-order valence-corrected chi connectivity index (χ0v) is 65.6. The number of phenols is 28. The van der Waals surface area contributed by atoms with Crippen molar-refractivity contribution in [1.29, 1.82) is 0 Å². The molecule has 10 aromatic rings. The van der Waals surface area contributed by atoms with Crippen molar-refractivity contribution in [2.75, 3.05) is 13.2 Å². The molecule has 0 spiro atoms. The lowest BCUT2D eigenvalue weighted by Crippen LogP contribution is -2.63. The van der Waals surface area contributed by atoms with E-state index < -0.39 is 402 Å². The number of hydrogen-bond acceptors (Lipinski definition) is 52. The van der Waals surface area contributed by atoms with Crippen LogP contribution in [0.2, 0.25) is 0 Å². The second-order valence-corrected chi connectivity index (χ2v) is 29.0. The molecule has 0 unspecified atom stereocenters. The predicted octanol–water partition coefficient (Wildman–Crippen LogP) is 3.36. The van der Waals surface area contributed by atoms with Gasteiger partial charge in [-0.2, -0.15) is 0 Å². The zero-order chi connectivity index (χ0) is 97.5. The van der Waals surface area contributed by atoms with Gasteiger partial charge in [-0.1, -0.05) is 0 Å². The van der Waals surface area contributed by atoms with E-state index in [-0.39, 0.29) is 30.3 Å². The molecule has 52 nitrogen and oxygen atoms in total. The van der Waals surface area contributed by atoms with E-state index in [4.69, 9.17) is 61.6 Å². The SMILES string of the molecule is O=C(OC[C@H]1O[C@@H](O)[C@@H]2OC(=O)c3cc(O)c(O)c(O)c3-c3c(cc(O)c(O)c3O)C(=O)O[C@H]2[C@@H]1OC(=O)c1cc(O)c(O)c(O)c1Oc1cc2c(c(O)c1O)-c1c(cc(O)c(O)c1O)C(=O)O[C@@H]1[C@@H](OC2=O)[C@H](OC(=O)c2cc(O)c(O)c(O)c2)O[C@@H]2COC(=O)c3cc(O)c(O)c(O)c3-c3c(cc(O)c(O)c3O)C(=O)O[C@@H]12)c1cc(O)c(OC(=O)c2cc(O)c(O)c(O)c2)c(O)c1. The summed E-state index contributed by atoms with van der Waals surface area (Å²) in [6.45, 7) is -3.09. The van der Waals surface area contributed by atoms with Crippen molar-refractivity contribution in [3.63, 3.8) is 0 Å². The lowest BCUT2D eigenvalue weighted by atomic mass is 9.90. The summed E-state index contributed by atoms with van der Waals surface area (Å²) in [7, 11) is 0. The number of ether oxygens (including phenoxy) is 13. The molecule has 0 radical (unpaired) electrons. The Morgan fingerprint density at radius 1 is 0.299 bits per heavy atom. The second-order valence-electron chi connectivity index (χ2n) is 29.0. The van der Waals surface area contributed by atoms with Gasteiger partial charge in [0.25, 0.3) is 0 Å². The van der Waals surface area contributed by atoms with Crippen molar-refractivity contribution in [1.82, 2.24) is 0 Å². The summed E-state index contributed by atoms with van der Waals surface area (Å²) in [5.41, 5.74) is -20.3. The minimum absolute atomic E-state index is 0.0798. The van der Waals surface area contributed by atoms with Crippen LogP contribution >= 0.6 is 0 Å². The predicted molar refractivity (Wildman–Crippen MR) is 414 cm³/mol. The summed E-state index contributed by atoms with van der Waals surface area (Å²) in [4.78, 5) is 147. The van der Waals surface area contributed by atoms with Crippen molar-refractivity contribution in [3.8, 4) is 212 Å². The lowest BCUT2D eigenvalue weighted by Gasteiger charge is -2.44. The van der Waals surface area contributed by atoms with Crippen molar-refractivity contribution in [3.05, 3.63) is 134 Å². The highest BCUT2D eigenvalue weighted by Crippen LogP contribution is 2.60. The maximum atomic E-state index is 15.8. The number of aliphatic hydroxyl groups is 1. The van der Waals surface area contributed by atoms with Crippen LogP contribution in [0, 0.1) is 0 Å². The smallest absolute Gasteiger partial charge is 0.344 e. The van der Waals surface area contributed by atoms with E-state index in [1.165, 1.54) is 0 Å². The average molecular weight is 1870 g/mol. The number of fused-ring (bicyclic) bond motifs is 13. The third-order valence-electron chi connectivity index (χ3n) is 20.9. The van der Waals surface area contributed by atoms with Gasteiger partial charge in [0, 0.05) is 45.5 Å². The number of aromatic hydroxyl groups is 28. The molecule has 5 aliphatic heterocycles. The van der Waals surface area contributed by atoms with Gasteiger partial charge >= 0.3 is 59.7 Å². The van der Waals surface area contributed by atoms with Gasteiger partial charge in [-0.15, -0.1) is 0 Å². The van der Waals surface area contributed by atoms with Crippen LogP contribution in [0.25, 0.3) is 33.4 Å². The quantitative estimate of drug-likeness (QED) is 0.0382. The molecule has 696 valence electrons. The van der Waals surface area contributed by atoms with E-state index in [0.29, 0.717) is 48.5 Å². The number of carbonyl (C=O) groups is 10. The van der Waals surface area contributed by atoms with Crippen molar-refractivity contribution < 1.29 is 258 Å². The van der Waals surface area contributed by atoms with Crippen LogP contribution in [0.3, 0.4) is 0 Å². The van der Waals surface area contributed by atoms with E-state index in [9.17, 15) is 177 Å². The summed E-state index contributed by atoms with van der Waals surface area (Å²) in [5, 5.41) is 320. The molecule has 2 fully saturated rings. The number of aliphatic hydroxyl groups excluding tert-OH is 1. The number of carbonyl (C=O) groups excluding carboxylic acids is 10. The molecular weight excluding hydrogens is 1820 g/mol. The Morgan fingerprint density at radius 2 is 0.634 bits per heavy atom.